The molecule has 0 saturated carbocycles. The van der Waals surface area contributed by atoms with E-state index in [9.17, 15) is 0 Å². The van der Waals surface area contributed by atoms with Crippen molar-refractivity contribution < 1.29 is 0 Å². The third kappa shape index (κ3) is 11.8. The second kappa shape index (κ2) is 32.0. The lowest BCUT2D eigenvalue weighted by Gasteiger charge is -2.14. The highest BCUT2D eigenvalue weighted by atomic mass is 32.1. The van der Waals surface area contributed by atoms with Crippen LogP contribution in [-0.2, 0) is 0 Å². The predicted molar refractivity (Wildman–Crippen MR) is 635 cm³/mol. The van der Waals surface area contributed by atoms with E-state index in [-0.39, 0.29) is 0 Å². The van der Waals surface area contributed by atoms with Gasteiger partial charge in [-0.15, -0.1) is 56.7 Å². The molecule has 0 N–H and O–H groups in total. The van der Waals surface area contributed by atoms with Crippen LogP contribution in [0.15, 0.2) is 450 Å². The maximum Gasteiger partial charge on any atom is 0.116 e. The maximum absolute atomic E-state index is 4.97. The largest absolute Gasteiger partial charge is 0.309 e. The van der Waals surface area contributed by atoms with Gasteiger partial charge in [-0.05, 0) is 171 Å². The first kappa shape index (κ1) is 82.9. The van der Waals surface area contributed by atoms with Gasteiger partial charge >= 0.3 is 0 Å². The van der Waals surface area contributed by atoms with Crippen molar-refractivity contribution in [3.63, 3.8) is 0 Å². The Balaban J connectivity index is 0.0000000978. The molecule has 35 rings (SSSR count). The zero-order chi connectivity index (χ0) is 97.1. The van der Waals surface area contributed by atoms with Gasteiger partial charge in [0.15, 0.2) is 0 Å². The van der Waals surface area contributed by atoms with Gasteiger partial charge in [-0.3, -0.25) is 0 Å². The molecule has 35 aromatic rings. The van der Waals surface area contributed by atoms with Crippen LogP contribution in [-0.4, -0.2) is 57.3 Å². The normalized spacial score (nSPS) is 12.3. The van der Waals surface area contributed by atoms with Crippen LogP contribution in [0.4, 0.5) is 0 Å². The van der Waals surface area contributed by atoms with Crippen LogP contribution in [0, 0.1) is 0 Å². The highest BCUT2D eigenvalue weighted by Gasteiger charge is 2.34. The standard InChI is InChI=1S/C52H30N4S.2C40H22N4S2/c1-2-14-33(15-3-1)55-43-23-10-8-21-40(43)46-48-49-45(29-53-30-54-49)57-52(48)51-47(50(46)55)41-22-9-11-24-44(41)56(51)34-16-12-13-31(27-34)32-25-26-39-37-19-5-4-17-35(37)36-18-6-7-20-38(36)42(39)28-32;1-2-11-23(12-3-1)43-28-17-7-4-14-26(28)33-35-36-32(21-41-22-42-36)46-40(35)38-34(37(33)43)27-15-5-8-18-29(27)44(38)30-19-10-16-25-24-13-6-9-20-31(24)45-39(25)30;1-2-10-23(11-3-1)43-29-15-7-4-13-26(29)34-36-37-33(21-41-22-42-37)46-40(36)39-35(38(34)43)27-14-5-8-16-30(27)44(39)24-18-19-32-28(20-24)25-12-6-9-17-31(25)45-32/h1-30H;2*1-22H. The van der Waals surface area contributed by atoms with Crippen molar-refractivity contribution in [2.75, 3.05) is 0 Å². The van der Waals surface area contributed by atoms with Crippen molar-refractivity contribution in [1.82, 2.24) is 57.3 Å². The summed E-state index contributed by atoms with van der Waals surface area (Å²) in [5.74, 6) is 0. The van der Waals surface area contributed by atoms with Gasteiger partial charge in [-0.25, -0.2) is 29.9 Å². The molecule has 14 heterocycles. The van der Waals surface area contributed by atoms with E-state index in [1.807, 2.05) is 41.3 Å². The number of thiophene rings is 5. The first-order chi connectivity index (χ1) is 74.0. The minimum absolute atomic E-state index is 0.995. The Bertz CT molecular complexity index is 11900. The van der Waals surface area contributed by atoms with Crippen molar-refractivity contribution >= 4 is 321 Å². The fourth-order valence-corrected chi connectivity index (χ4v) is 30.8. The molecule has 0 fully saturated rings. The number of nitrogens with zero attached hydrogens (tertiary/aromatic N) is 12. The van der Waals surface area contributed by atoms with E-state index in [1.165, 1.54) is 251 Å². The molecule has 0 aliphatic heterocycles. The first-order valence-corrected chi connectivity index (χ1v) is 54.1. The van der Waals surface area contributed by atoms with E-state index < -0.39 is 0 Å². The van der Waals surface area contributed by atoms with Gasteiger partial charge < -0.3 is 27.4 Å². The van der Waals surface area contributed by atoms with Gasteiger partial charge in [0.2, 0.25) is 0 Å². The average Bonchev–Trinajstić information content (AvgIpc) is 1.53. The molecule has 0 saturated heterocycles. The molecule has 0 aliphatic rings. The third-order valence-electron chi connectivity index (χ3n) is 30.9. The Hall–Kier alpha value is -18.5. The zero-order valence-electron chi connectivity index (χ0n) is 79.1. The quantitative estimate of drug-likeness (QED) is 0.147. The lowest BCUT2D eigenvalue weighted by atomic mass is 9.92. The molecule has 0 spiro atoms. The summed E-state index contributed by atoms with van der Waals surface area (Å²) in [6, 6.07) is 150. The second-order valence-electron chi connectivity index (χ2n) is 38.5. The lowest BCUT2D eigenvalue weighted by molar-refractivity contribution is 1.18. The summed E-state index contributed by atoms with van der Waals surface area (Å²) in [5, 5.41) is 31.3. The summed E-state index contributed by atoms with van der Waals surface area (Å²) < 4.78 is 27.1. The van der Waals surface area contributed by atoms with Gasteiger partial charge in [0.1, 0.15) is 19.0 Å². The highest BCUT2D eigenvalue weighted by Crippen LogP contribution is 2.57. The molecule has 14 aromatic heterocycles. The first-order valence-electron chi connectivity index (χ1n) is 50.0. The van der Waals surface area contributed by atoms with Crippen molar-refractivity contribution in [1.29, 1.82) is 0 Å². The topological polar surface area (TPSA) is 107 Å². The Morgan fingerprint density at radius 3 is 0.899 bits per heavy atom. The summed E-state index contributed by atoms with van der Waals surface area (Å²) in [5.41, 5.74) is 26.7. The molecular formula is C132H74N12S5. The molecule has 149 heavy (non-hydrogen) atoms. The number of fused-ring (bicyclic) bond motifs is 48. The van der Waals surface area contributed by atoms with E-state index in [2.05, 4.69) is 455 Å². The van der Waals surface area contributed by atoms with Gasteiger partial charge in [-0.2, -0.15) is 0 Å². The number of benzene rings is 21. The van der Waals surface area contributed by atoms with Crippen LogP contribution in [0.2, 0.25) is 0 Å². The fraction of sp³-hybridized carbons (Fsp3) is 0. The van der Waals surface area contributed by atoms with Crippen LogP contribution in [0.25, 0.3) is 310 Å². The SMILES string of the molecule is c1ccc(-n2c3ccccc3c3c4c5ncncc5sc4c4c(c5ccccc5n4-c4ccc5sc6ccccc6c5c4)c32)cc1.c1ccc(-n2c3ccccc3c3c4c5ncncc5sc4c4c(c5ccccc5n4-c4cccc(-c5ccc6c7ccccc7c7ccccc7c6c5)c4)c32)cc1.c1ccc(-n2c3ccccc3c3c4c5ncncc5sc4c4c(c5ccccc5n4-c4cccc5c4sc4ccccc45)c32)cc1. The Labute approximate surface area is 866 Å². The van der Waals surface area contributed by atoms with Gasteiger partial charge in [0, 0.05) is 163 Å². The number of para-hydroxylation sites is 9. The van der Waals surface area contributed by atoms with E-state index in [0.29, 0.717) is 0 Å². The zero-order valence-corrected chi connectivity index (χ0v) is 83.2. The molecule has 21 aromatic carbocycles. The molecule has 0 atom stereocenters. The Kier molecular flexibility index (Phi) is 17.8. The van der Waals surface area contributed by atoms with Crippen LogP contribution >= 0.6 is 56.7 Å². The summed E-state index contributed by atoms with van der Waals surface area (Å²) in [6.45, 7) is 0. The molecule has 0 bridgehead atoms. The molecule has 0 unspecified atom stereocenters. The predicted octanol–water partition coefficient (Wildman–Crippen LogP) is 37.0. The molecule has 0 amide bonds. The Morgan fingerprint density at radius 2 is 0.463 bits per heavy atom. The van der Waals surface area contributed by atoms with Crippen LogP contribution < -0.4 is 0 Å². The molecular weight excluding hydrogens is 1910 g/mol. The number of hydrogen-bond donors (Lipinski definition) is 0. The van der Waals surface area contributed by atoms with Crippen molar-refractivity contribution in [2.45, 2.75) is 0 Å². The summed E-state index contributed by atoms with van der Waals surface area (Å²) >= 11 is 9.13. The maximum atomic E-state index is 4.97. The molecule has 0 aliphatic carbocycles. The minimum Gasteiger partial charge on any atom is -0.309 e. The van der Waals surface area contributed by atoms with Crippen LogP contribution in [0.5, 0.6) is 0 Å². The van der Waals surface area contributed by atoms with E-state index >= 15 is 0 Å². The van der Waals surface area contributed by atoms with Gasteiger partial charge in [0.05, 0.1) is 121 Å². The number of hydrogen-bond acceptors (Lipinski definition) is 11. The molecule has 12 nitrogen and oxygen atoms in total. The second-order valence-corrected chi connectivity index (χ2v) is 43.8. The number of rotatable bonds is 7. The van der Waals surface area contributed by atoms with Crippen molar-refractivity contribution in [3.8, 4) is 45.3 Å². The van der Waals surface area contributed by atoms with Crippen LogP contribution in [0.1, 0.15) is 0 Å². The van der Waals surface area contributed by atoms with Crippen molar-refractivity contribution in [3.05, 3.63) is 450 Å². The minimum atomic E-state index is 0.995. The smallest absolute Gasteiger partial charge is 0.116 e. The molecule has 17 heteroatoms. The molecule has 0 radical (unpaired) electrons. The van der Waals surface area contributed by atoms with E-state index in [1.54, 1.807) is 53.0 Å². The highest BCUT2D eigenvalue weighted by molar-refractivity contribution is 7.28. The van der Waals surface area contributed by atoms with E-state index in [4.69, 9.17) is 15.0 Å². The monoisotopic (exact) mass is 1990 g/mol. The molecule has 692 valence electrons. The van der Waals surface area contributed by atoms with Crippen molar-refractivity contribution in [2.24, 2.45) is 0 Å². The van der Waals surface area contributed by atoms with Gasteiger partial charge in [0.25, 0.3) is 0 Å². The number of aromatic nitrogens is 12. The lowest BCUT2D eigenvalue weighted by Crippen LogP contribution is -1.96. The average molecular weight is 1990 g/mol. The van der Waals surface area contributed by atoms with Crippen LogP contribution in [0.3, 0.4) is 0 Å². The summed E-state index contributed by atoms with van der Waals surface area (Å²) in [4.78, 5) is 28.2. The van der Waals surface area contributed by atoms with Gasteiger partial charge in [-0.1, -0.05) is 285 Å². The summed E-state index contributed by atoms with van der Waals surface area (Å²) in [7, 11) is 0. The Morgan fingerprint density at radius 1 is 0.161 bits per heavy atom. The third-order valence-corrected chi connectivity index (χ3v) is 36.6. The van der Waals surface area contributed by atoms with E-state index in [0.717, 1.165) is 59.1 Å². The fourth-order valence-electron chi connectivity index (χ4n) is 25.0. The summed E-state index contributed by atoms with van der Waals surface area (Å²) in [6.07, 6.45) is 11.0.